The van der Waals surface area contributed by atoms with Crippen molar-refractivity contribution in [3.8, 4) is 0 Å². The minimum Gasteiger partial charge on any atom is -0.325 e. The summed E-state index contributed by atoms with van der Waals surface area (Å²) in [7, 11) is 0. The zero-order valence-corrected chi connectivity index (χ0v) is 11.3. The SMILES string of the molecule is CC1CC(C)(C)CC(N)(Cc2cncs2)C1. The van der Waals surface area contributed by atoms with Gasteiger partial charge in [0.1, 0.15) is 0 Å². The third-order valence-corrected chi connectivity index (χ3v) is 4.28. The predicted molar refractivity (Wildman–Crippen MR) is 69.5 cm³/mol. The molecule has 2 nitrogen and oxygen atoms in total. The van der Waals surface area contributed by atoms with E-state index in [0.717, 1.165) is 25.2 Å². The largest absolute Gasteiger partial charge is 0.325 e. The molecule has 0 bridgehead atoms. The Morgan fingerprint density at radius 1 is 1.50 bits per heavy atom. The van der Waals surface area contributed by atoms with Gasteiger partial charge in [0.05, 0.1) is 5.51 Å². The van der Waals surface area contributed by atoms with E-state index in [2.05, 4.69) is 25.8 Å². The van der Waals surface area contributed by atoms with Crippen LogP contribution in [0.15, 0.2) is 11.7 Å². The first-order chi connectivity index (χ1) is 7.39. The Labute approximate surface area is 102 Å². The summed E-state index contributed by atoms with van der Waals surface area (Å²) in [5, 5.41) is 0. The summed E-state index contributed by atoms with van der Waals surface area (Å²) in [5.41, 5.74) is 8.86. The molecule has 0 aliphatic heterocycles. The van der Waals surface area contributed by atoms with E-state index in [1.54, 1.807) is 11.3 Å². The lowest BCUT2D eigenvalue weighted by Crippen LogP contribution is -2.50. The average Bonchev–Trinajstić information content (AvgIpc) is 2.49. The molecule has 2 unspecified atom stereocenters. The van der Waals surface area contributed by atoms with E-state index in [0.29, 0.717) is 5.41 Å². The second-order valence-corrected chi connectivity index (χ2v) is 7.33. The lowest BCUT2D eigenvalue weighted by atomic mass is 9.63. The number of hydrogen-bond donors (Lipinski definition) is 1. The van der Waals surface area contributed by atoms with E-state index in [-0.39, 0.29) is 5.54 Å². The van der Waals surface area contributed by atoms with E-state index in [4.69, 9.17) is 5.73 Å². The van der Waals surface area contributed by atoms with Crippen molar-refractivity contribution in [2.45, 2.75) is 52.0 Å². The van der Waals surface area contributed by atoms with Crippen LogP contribution in [0.1, 0.15) is 44.9 Å². The summed E-state index contributed by atoms with van der Waals surface area (Å²) < 4.78 is 0. The van der Waals surface area contributed by atoms with Crippen molar-refractivity contribution in [1.82, 2.24) is 4.98 Å². The molecule has 1 aromatic rings. The Bertz CT molecular complexity index is 345. The minimum atomic E-state index is -0.0201. The number of nitrogens with zero attached hydrogens (tertiary/aromatic N) is 1. The summed E-state index contributed by atoms with van der Waals surface area (Å²) in [6.07, 6.45) is 6.53. The third-order valence-electron chi connectivity index (χ3n) is 3.50. The van der Waals surface area contributed by atoms with E-state index in [1.807, 2.05) is 11.7 Å². The van der Waals surface area contributed by atoms with Gasteiger partial charge in [0.15, 0.2) is 0 Å². The Morgan fingerprint density at radius 3 is 2.81 bits per heavy atom. The van der Waals surface area contributed by atoms with Gasteiger partial charge in [-0.3, -0.25) is 4.98 Å². The maximum atomic E-state index is 6.60. The van der Waals surface area contributed by atoms with Gasteiger partial charge in [0, 0.05) is 23.0 Å². The van der Waals surface area contributed by atoms with Crippen LogP contribution < -0.4 is 5.73 Å². The van der Waals surface area contributed by atoms with Crippen LogP contribution in [0.4, 0.5) is 0 Å². The molecule has 0 radical (unpaired) electrons. The highest BCUT2D eigenvalue weighted by molar-refractivity contribution is 7.09. The smallest absolute Gasteiger partial charge is 0.0794 e. The fourth-order valence-electron chi connectivity index (χ4n) is 3.62. The fraction of sp³-hybridized carbons (Fsp3) is 0.769. The first kappa shape index (κ1) is 12.1. The van der Waals surface area contributed by atoms with Crippen molar-refractivity contribution in [1.29, 1.82) is 0 Å². The monoisotopic (exact) mass is 238 g/mol. The minimum absolute atomic E-state index is 0.0201. The number of nitrogens with two attached hydrogens (primary N) is 1. The molecule has 1 aliphatic rings. The van der Waals surface area contributed by atoms with Crippen LogP contribution in [0, 0.1) is 11.3 Å². The summed E-state index contributed by atoms with van der Waals surface area (Å²) in [6.45, 7) is 7.02. The Hall–Kier alpha value is -0.410. The number of aromatic nitrogens is 1. The summed E-state index contributed by atoms with van der Waals surface area (Å²) in [6, 6.07) is 0. The predicted octanol–water partition coefficient (Wildman–Crippen LogP) is 3.23. The Kier molecular flexibility index (Phi) is 3.10. The van der Waals surface area contributed by atoms with Crippen molar-refractivity contribution in [3.63, 3.8) is 0 Å². The van der Waals surface area contributed by atoms with Gasteiger partial charge in [-0.25, -0.2) is 0 Å². The van der Waals surface area contributed by atoms with Crippen LogP contribution in [0.2, 0.25) is 0 Å². The summed E-state index contributed by atoms with van der Waals surface area (Å²) in [4.78, 5) is 5.46. The number of thiazole rings is 1. The normalized spacial score (nSPS) is 33.9. The van der Waals surface area contributed by atoms with Crippen molar-refractivity contribution in [2.24, 2.45) is 17.1 Å². The van der Waals surface area contributed by atoms with E-state index in [9.17, 15) is 0 Å². The molecule has 0 saturated heterocycles. The van der Waals surface area contributed by atoms with Crippen molar-refractivity contribution in [3.05, 3.63) is 16.6 Å². The number of rotatable bonds is 2. The number of hydrogen-bond acceptors (Lipinski definition) is 3. The lowest BCUT2D eigenvalue weighted by molar-refractivity contribution is 0.108. The zero-order valence-electron chi connectivity index (χ0n) is 10.5. The van der Waals surface area contributed by atoms with Crippen molar-refractivity contribution < 1.29 is 0 Å². The molecule has 1 aliphatic carbocycles. The van der Waals surface area contributed by atoms with Gasteiger partial charge in [-0.15, -0.1) is 11.3 Å². The standard InChI is InChI=1S/C13H22N2S/c1-10-4-12(2,3)8-13(14,5-10)6-11-7-15-9-16-11/h7,9-10H,4-6,8,14H2,1-3H3. The highest BCUT2D eigenvalue weighted by atomic mass is 32.1. The summed E-state index contributed by atoms with van der Waals surface area (Å²) >= 11 is 1.73. The van der Waals surface area contributed by atoms with Gasteiger partial charge in [-0.1, -0.05) is 20.8 Å². The van der Waals surface area contributed by atoms with Crippen LogP contribution in [0.5, 0.6) is 0 Å². The van der Waals surface area contributed by atoms with Crippen LogP contribution >= 0.6 is 11.3 Å². The maximum absolute atomic E-state index is 6.60. The van der Waals surface area contributed by atoms with E-state index in [1.165, 1.54) is 11.3 Å². The second-order valence-electron chi connectivity index (χ2n) is 6.36. The molecule has 0 amide bonds. The summed E-state index contributed by atoms with van der Waals surface area (Å²) in [5.74, 6) is 0.738. The lowest BCUT2D eigenvalue weighted by Gasteiger charge is -2.45. The zero-order chi connectivity index (χ0) is 11.8. The average molecular weight is 238 g/mol. The first-order valence-electron chi connectivity index (χ1n) is 6.05. The Morgan fingerprint density at radius 2 is 2.25 bits per heavy atom. The second kappa shape index (κ2) is 4.11. The highest BCUT2D eigenvalue weighted by Crippen LogP contribution is 2.44. The fourth-order valence-corrected chi connectivity index (χ4v) is 4.37. The quantitative estimate of drug-likeness (QED) is 0.859. The van der Waals surface area contributed by atoms with Gasteiger partial charge in [0.25, 0.3) is 0 Å². The van der Waals surface area contributed by atoms with Crippen LogP contribution in [-0.4, -0.2) is 10.5 Å². The molecule has 0 aromatic carbocycles. The molecule has 1 saturated carbocycles. The molecule has 2 rings (SSSR count). The molecule has 16 heavy (non-hydrogen) atoms. The van der Waals surface area contributed by atoms with Gasteiger partial charge in [-0.05, 0) is 30.6 Å². The molecular formula is C13H22N2S. The topological polar surface area (TPSA) is 38.9 Å². The van der Waals surface area contributed by atoms with Gasteiger partial charge in [0.2, 0.25) is 0 Å². The molecular weight excluding hydrogens is 216 g/mol. The first-order valence-corrected chi connectivity index (χ1v) is 6.93. The highest BCUT2D eigenvalue weighted by Gasteiger charge is 2.40. The third kappa shape index (κ3) is 2.83. The van der Waals surface area contributed by atoms with Gasteiger partial charge >= 0.3 is 0 Å². The molecule has 3 heteroatoms. The van der Waals surface area contributed by atoms with Gasteiger partial charge < -0.3 is 5.73 Å². The van der Waals surface area contributed by atoms with E-state index >= 15 is 0 Å². The maximum Gasteiger partial charge on any atom is 0.0794 e. The molecule has 1 aromatic heterocycles. The van der Waals surface area contributed by atoms with Crippen LogP contribution in [0.3, 0.4) is 0 Å². The molecule has 1 fully saturated rings. The molecule has 2 N–H and O–H groups in total. The molecule has 0 spiro atoms. The molecule has 1 heterocycles. The van der Waals surface area contributed by atoms with E-state index < -0.39 is 0 Å². The molecule has 90 valence electrons. The van der Waals surface area contributed by atoms with Crippen LogP contribution in [-0.2, 0) is 6.42 Å². The van der Waals surface area contributed by atoms with Crippen molar-refractivity contribution >= 4 is 11.3 Å². The van der Waals surface area contributed by atoms with Crippen LogP contribution in [0.25, 0.3) is 0 Å². The molecule has 2 atom stereocenters. The van der Waals surface area contributed by atoms with Gasteiger partial charge in [-0.2, -0.15) is 0 Å². The van der Waals surface area contributed by atoms with Crippen molar-refractivity contribution in [2.75, 3.05) is 0 Å². The Balaban J connectivity index is 2.11.